The van der Waals surface area contributed by atoms with Crippen LogP contribution in [0.5, 0.6) is 0 Å². The number of hydrogen-bond donors (Lipinski definition) is 1. The maximum absolute atomic E-state index is 11.2. The molecule has 2 heterocycles. The average molecular weight is 365 g/mol. The Morgan fingerprint density at radius 3 is 2.70 bits per heavy atom. The second kappa shape index (κ2) is 6.33. The molecule has 2 N–H and O–H groups in total. The predicted octanol–water partition coefficient (Wildman–Crippen LogP) is 3.23. The zero-order chi connectivity index (χ0) is 19.2. The minimum Gasteiger partial charge on any atom is -0.366 e. The smallest absolute Gasteiger partial charge is 0.279 e. The van der Waals surface area contributed by atoms with Crippen LogP contribution in [0.2, 0.25) is 0 Å². The van der Waals surface area contributed by atoms with Gasteiger partial charge in [-0.3, -0.25) is 9.48 Å². The van der Waals surface area contributed by atoms with Crippen molar-refractivity contribution in [3.05, 3.63) is 41.1 Å². The quantitative estimate of drug-likeness (QED) is 0.765. The first-order valence-corrected chi connectivity index (χ1v) is 9.21. The van der Waals surface area contributed by atoms with Gasteiger partial charge in [0.05, 0.1) is 0 Å². The number of nitrogens with zero attached hydrogens (tertiary/aromatic N) is 4. The van der Waals surface area contributed by atoms with Crippen LogP contribution in [0.1, 0.15) is 48.8 Å². The second-order valence-electron chi connectivity index (χ2n) is 7.80. The van der Waals surface area contributed by atoms with Gasteiger partial charge < -0.3 is 10.3 Å². The molecule has 3 aromatic rings. The van der Waals surface area contributed by atoms with Gasteiger partial charge in [-0.15, -0.1) is 0 Å². The number of rotatable bonds is 4. The van der Waals surface area contributed by atoms with E-state index in [1.54, 1.807) is 24.3 Å². The van der Waals surface area contributed by atoms with Crippen LogP contribution in [-0.4, -0.2) is 25.8 Å². The van der Waals surface area contributed by atoms with Crippen molar-refractivity contribution in [2.75, 3.05) is 0 Å². The summed E-state index contributed by atoms with van der Waals surface area (Å²) < 4.78 is 7.58. The molecule has 27 heavy (non-hydrogen) atoms. The van der Waals surface area contributed by atoms with Gasteiger partial charge >= 0.3 is 0 Å². The van der Waals surface area contributed by atoms with Crippen LogP contribution in [0.25, 0.3) is 23.0 Å². The topological polar surface area (TPSA) is 99.8 Å². The molecular weight excluding hydrogens is 342 g/mol. The summed E-state index contributed by atoms with van der Waals surface area (Å²) in [7, 11) is 0. The maximum atomic E-state index is 11.2. The Morgan fingerprint density at radius 2 is 2.04 bits per heavy atom. The van der Waals surface area contributed by atoms with Crippen molar-refractivity contribution in [1.29, 1.82) is 0 Å². The number of aryl methyl sites for hydroxylation is 1. The molecule has 0 fully saturated rings. The molecule has 140 valence electrons. The molecule has 0 atom stereocenters. The lowest BCUT2D eigenvalue weighted by Gasteiger charge is -2.30. The third-order valence-electron chi connectivity index (χ3n) is 5.22. The molecule has 0 spiro atoms. The molecule has 1 aliphatic rings. The minimum atomic E-state index is -0.463. The third kappa shape index (κ3) is 3.13. The molecule has 0 unspecified atom stereocenters. The van der Waals surface area contributed by atoms with Gasteiger partial charge in [0.2, 0.25) is 11.7 Å². The number of nitrogens with two attached hydrogens (primary N) is 1. The molecule has 1 aromatic carbocycles. The van der Waals surface area contributed by atoms with Crippen LogP contribution in [0.3, 0.4) is 0 Å². The van der Waals surface area contributed by atoms with Crippen molar-refractivity contribution >= 4 is 5.91 Å². The fraction of sp³-hybridized carbons (Fsp3) is 0.400. The summed E-state index contributed by atoms with van der Waals surface area (Å²) in [6, 6.07) is 6.83. The summed E-state index contributed by atoms with van der Waals surface area (Å²) in [5.41, 5.74) is 10.0. The van der Waals surface area contributed by atoms with Crippen molar-refractivity contribution in [2.45, 2.75) is 46.6 Å². The Labute approximate surface area is 157 Å². The summed E-state index contributed by atoms with van der Waals surface area (Å²) in [5.74, 6) is 0.444. The Hall–Kier alpha value is -2.96. The standard InChI is InChI=1S/C20H23N5O2/c1-4-25-15-11-20(2,3)10-9-14(15)16(23-25)19-22-18(24-27-19)13-7-5-12(6-8-13)17(21)26/h5-8H,4,9-11H2,1-3H3,(H2,21,26). The van der Waals surface area contributed by atoms with Crippen LogP contribution >= 0.6 is 0 Å². The van der Waals surface area contributed by atoms with Gasteiger partial charge in [0, 0.05) is 28.9 Å². The number of benzene rings is 1. The van der Waals surface area contributed by atoms with E-state index < -0.39 is 5.91 Å². The normalized spacial score (nSPS) is 15.5. The molecule has 0 saturated heterocycles. The van der Waals surface area contributed by atoms with Crippen LogP contribution in [0, 0.1) is 5.41 Å². The van der Waals surface area contributed by atoms with Gasteiger partial charge in [0.15, 0.2) is 5.69 Å². The molecule has 0 bridgehead atoms. The van der Waals surface area contributed by atoms with E-state index in [0.29, 0.717) is 17.3 Å². The lowest BCUT2D eigenvalue weighted by molar-refractivity contribution is 0.100. The van der Waals surface area contributed by atoms with Crippen LogP contribution < -0.4 is 5.73 Å². The molecular formula is C20H23N5O2. The second-order valence-corrected chi connectivity index (χ2v) is 7.80. The molecule has 2 aromatic heterocycles. The van der Waals surface area contributed by atoms with E-state index in [4.69, 9.17) is 15.4 Å². The lowest BCUT2D eigenvalue weighted by atomic mass is 9.76. The fourth-order valence-electron chi connectivity index (χ4n) is 3.65. The summed E-state index contributed by atoms with van der Waals surface area (Å²) >= 11 is 0. The van der Waals surface area contributed by atoms with Crippen molar-refractivity contribution < 1.29 is 9.32 Å². The number of aromatic nitrogens is 4. The first kappa shape index (κ1) is 17.5. The molecule has 0 saturated carbocycles. The van der Waals surface area contributed by atoms with E-state index in [-0.39, 0.29) is 5.41 Å². The highest BCUT2D eigenvalue weighted by Gasteiger charge is 2.32. The van der Waals surface area contributed by atoms with Gasteiger partial charge in [-0.25, -0.2) is 0 Å². The molecule has 7 nitrogen and oxygen atoms in total. The first-order chi connectivity index (χ1) is 12.9. The van der Waals surface area contributed by atoms with E-state index in [0.717, 1.165) is 37.1 Å². The first-order valence-electron chi connectivity index (χ1n) is 9.21. The van der Waals surface area contributed by atoms with Crippen LogP contribution in [-0.2, 0) is 19.4 Å². The monoisotopic (exact) mass is 365 g/mol. The predicted molar refractivity (Wildman–Crippen MR) is 101 cm³/mol. The van der Waals surface area contributed by atoms with Gasteiger partial charge in [-0.2, -0.15) is 10.1 Å². The van der Waals surface area contributed by atoms with Gasteiger partial charge in [-0.1, -0.05) is 31.1 Å². The van der Waals surface area contributed by atoms with Crippen molar-refractivity contribution in [1.82, 2.24) is 19.9 Å². The SMILES string of the molecule is CCn1nc(-c2nc(-c3ccc(C(N)=O)cc3)no2)c2c1CC(C)(C)CC2. The third-order valence-corrected chi connectivity index (χ3v) is 5.22. The minimum absolute atomic E-state index is 0.277. The molecule has 7 heteroatoms. The number of primary amides is 1. The van der Waals surface area contributed by atoms with E-state index in [1.165, 1.54) is 11.3 Å². The Bertz CT molecular complexity index is 998. The number of hydrogen-bond acceptors (Lipinski definition) is 5. The average Bonchev–Trinajstić information content (AvgIpc) is 3.25. The van der Waals surface area contributed by atoms with Gasteiger partial charge in [0.25, 0.3) is 5.89 Å². The van der Waals surface area contributed by atoms with Crippen molar-refractivity contribution in [2.24, 2.45) is 11.1 Å². The Balaban J connectivity index is 1.70. The van der Waals surface area contributed by atoms with Crippen LogP contribution in [0.15, 0.2) is 28.8 Å². The highest BCUT2D eigenvalue weighted by molar-refractivity contribution is 5.93. The number of fused-ring (bicyclic) bond motifs is 1. The van der Waals surface area contributed by atoms with Crippen molar-refractivity contribution in [3.8, 4) is 23.0 Å². The lowest BCUT2D eigenvalue weighted by Crippen LogP contribution is -2.24. The van der Waals surface area contributed by atoms with Crippen molar-refractivity contribution in [3.63, 3.8) is 0 Å². The number of carbonyl (C=O) groups is 1. The summed E-state index contributed by atoms with van der Waals surface area (Å²) in [5, 5.41) is 8.85. The van der Waals surface area contributed by atoms with Crippen LogP contribution in [0.4, 0.5) is 0 Å². The zero-order valence-corrected chi connectivity index (χ0v) is 15.8. The Morgan fingerprint density at radius 1 is 1.30 bits per heavy atom. The molecule has 4 rings (SSSR count). The Kier molecular flexibility index (Phi) is 4.09. The van der Waals surface area contributed by atoms with Gasteiger partial charge in [-0.05, 0) is 43.7 Å². The van der Waals surface area contributed by atoms with E-state index in [2.05, 4.69) is 35.6 Å². The van der Waals surface area contributed by atoms with E-state index >= 15 is 0 Å². The van der Waals surface area contributed by atoms with Gasteiger partial charge in [0.1, 0.15) is 0 Å². The molecule has 1 amide bonds. The fourth-order valence-corrected chi connectivity index (χ4v) is 3.65. The summed E-state index contributed by atoms with van der Waals surface area (Å²) in [6.45, 7) is 7.50. The summed E-state index contributed by atoms with van der Waals surface area (Å²) in [6.07, 6.45) is 3.07. The molecule has 1 aliphatic carbocycles. The number of amides is 1. The molecule has 0 aliphatic heterocycles. The number of carbonyl (C=O) groups excluding carboxylic acids is 1. The largest absolute Gasteiger partial charge is 0.366 e. The summed E-state index contributed by atoms with van der Waals surface area (Å²) in [4.78, 5) is 15.8. The van der Waals surface area contributed by atoms with E-state index in [1.807, 2.05) is 0 Å². The molecule has 0 radical (unpaired) electrons. The maximum Gasteiger partial charge on any atom is 0.279 e. The van der Waals surface area contributed by atoms with E-state index in [9.17, 15) is 4.79 Å². The highest BCUT2D eigenvalue weighted by Crippen LogP contribution is 2.38. The zero-order valence-electron chi connectivity index (χ0n) is 15.8. The highest BCUT2D eigenvalue weighted by atomic mass is 16.5.